The van der Waals surface area contributed by atoms with Crippen LogP contribution in [0.4, 0.5) is 0 Å². The van der Waals surface area contributed by atoms with Crippen molar-refractivity contribution in [3.8, 4) is 0 Å². The van der Waals surface area contributed by atoms with Crippen LogP contribution in [0.5, 0.6) is 0 Å². The van der Waals surface area contributed by atoms with Crippen LogP contribution in [0.3, 0.4) is 0 Å². The highest BCUT2D eigenvalue weighted by molar-refractivity contribution is 7.99. The van der Waals surface area contributed by atoms with Crippen molar-refractivity contribution in [3.63, 3.8) is 0 Å². The van der Waals surface area contributed by atoms with Crippen molar-refractivity contribution in [1.82, 2.24) is 10.2 Å². The highest BCUT2D eigenvalue weighted by Gasteiger charge is 2.52. The van der Waals surface area contributed by atoms with Gasteiger partial charge in [0.25, 0.3) is 0 Å². The van der Waals surface area contributed by atoms with E-state index in [1.54, 1.807) is 16.7 Å². The highest BCUT2D eigenvalue weighted by Crippen LogP contribution is 2.41. The fourth-order valence-electron chi connectivity index (χ4n) is 2.43. The van der Waals surface area contributed by atoms with Crippen LogP contribution in [0.15, 0.2) is 0 Å². The number of carbonyl (C=O) groups excluding carboxylic acids is 2. The Bertz CT molecular complexity index is 343. The van der Waals surface area contributed by atoms with E-state index in [0.29, 0.717) is 17.7 Å². The van der Waals surface area contributed by atoms with Gasteiger partial charge in [-0.1, -0.05) is 6.92 Å². The molecule has 0 aromatic heterocycles. The molecule has 1 saturated heterocycles. The first-order chi connectivity index (χ1) is 7.97. The summed E-state index contributed by atoms with van der Waals surface area (Å²) in [6.07, 6.45) is 4.13. The predicted octanol–water partition coefficient (Wildman–Crippen LogP) is 0.865. The molecule has 0 aromatic rings. The molecule has 0 aromatic carbocycles. The molecular formula is C12H20N2O2S. The second-order valence-electron chi connectivity index (χ2n) is 5.26. The smallest absolute Gasteiger partial charge is 0.248 e. The first-order valence-corrected chi connectivity index (χ1v) is 7.39. The number of amides is 2. The molecule has 2 atom stereocenters. The van der Waals surface area contributed by atoms with Gasteiger partial charge < -0.3 is 10.2 Å². The molecule has 1 aliphatic heterocycles. The number of nitrogens with zero attached hydrogens (tertiary/aromatic N) is 1. The van der Waals surface area contributed by atoms with Crippen LogP contribution < -0.4 is 5.32 Å². The molecule has 1 N–H and O–H groups in total. The van der Waals surface area contributed by atoms with Crippen LogP contribution in [-0.2, 0) is 9.59 Å². The van der Waals surface area contributed by atoms with Crippen molar-refractivity contribution in [2.75, 3.05) is 19.3 Å². The lowest BCUT2D eigenvalue weighted by atomic mass is 9.91. The summed E-state index contributed by atoms with van der Waals surface area (Å²) in [6, 6.07) is 0. The standard InChI is InChI=1S/C12H20N2O2S/c1-8(17-3)6-14-7-10(15)13-12(2,11(14)16)9-4-5-9/h8-9H,4-7H2,1-3H3,(H,13,15). The molecule has 2 rings (SSSR count). The van der Waals surface area contributed by atoms with Crippen LogP contribution in [0.1, 0.15) is 26.7 Å². The van der Waals surface area contributed by atoms with Gasteiger partial charge in [-0.2, -0.15) is 11.8 Å². The molecular weight excluding hydrogens is 236 g/mol. The van der Waals surface area contributed by atoms with E-state index in [2.05, 4.69) is 12.2 Å². The minimum absolute atomic E-state index is 0.0210. The Labute approximate surface area is 106 Å². The molecule has 0 spiro atoms. The Morgan fingerprint density at radius 1 is 1.53 bits per heavy atom. The third-order valence-corrected chi connectivity index (χ3v) is 4.69. The SMILES string of the molecule is CSC(C)CN1CC(=O)NC(C)(C2CC2)C1=O. The monoisotopic (exact) mass is 256 g/mol. The molecule has 1 saturated carbocycles. The normalized spacial score (nSPS) is 31.4. The van der Waals surface area contributed by atoms with Gasteiger partial charge in [-0.3, -0.25) is 9.59 Å². The molecule has 1 aliphatic carbocycles. The maximum atomic E-state index is 12.4. The Kier molecular flexibility index (Phi) is 3.39. The molecule has 96 valence electrons. The number of hydrogen-bond donors (Lipinski definition) is 1. The molecule has 2 unspecified atom stereocenters. The Balaban J connectivity index is 2.11. The molecule has 1 heterocycles. The van der Waals surface area contributed by atoms with Gasteiger partial charge in [0, 0.05) is 11.8 Å². The largest absolute Gasteiger partial charge is 0.340 e. The number of nitrogens with one attached hydrogen (secondary N) is 1. The summed E-state index contributed by atoms with van der Waals surface area (Å²) in [5.41, 5.74) is -0.645. The summed E-state index contributed by atoms with van der Waals surface area (Å²) >= 11 is 1.72. The fraction of sp³-hybridized carbons (Fsp3) is 0.833. The molecule has 5 heteroatoms. The van der Waals surface area contributed by atoms with Gasteiger partial charge in [0.2, 0.25) is 11.8 Å². The van der Waals surface area contributed by atoms with E-state index < -0.39 is 5.54 Å². The predicted molar refractivity (Wildman–Crippen MR) is 68.8 cm³/mol. The van der Waals surface area contributed by atoms with Crippen molar-refractivity contribution >= 4 is 23.6 Å². The van der Waals surface area contributed by atoms with Crippen LogP contribution in [0.25, 0.3) is 0 Å². The number of thioether (sulfide) groups is 1. The molecule has 0 radical (unpaired) electrons. The van der Waals surface area contributed by atoms with Gasteiger partial charge in [0.1, 0.15) is 5.54 Å². The van der Waals surface area contributed by atoms with Gasteiger partial charge >= 0.3 is 0 Å². The van der Waals surface area contributed by atoms with Gasteiger partial charge in [0.05, 0.1) is 6.54 Å². The lowest BCUT2D eigenvalue weighted by molar-refractivity contribution is -0.150. The summed E-state index contributed by atoms with van der Waals surface area (Å²) in [5.74, 6) is 0.416. The number of carbonyl (C=O) groups is 2. The lowest BCUT2D eigenvalue weighted by Crippen LogP contribution is -2.66. The van der Waals surface area contributed by atoms with Gasteiger partial charge in [-0.15, -0.1) is 0 Å². The van der Waals surface area contributed by atoms with Crippen molar-refractivity contribution in [2.45, 2.75) is 37.5 Å². The molecule has 2 amide bonds. The Morgan fingerprint density at radius 2 is 2.18 bits per heavy atom. The number of piperazine rings is 1. The van der Waals surface area contributed by atoms with Crippen LogP contribution in [-0.4, -0.2) is 46.8 Å². The lowest BCUT2D eigenvalue weighted by Gasteiger charge is -2.40. The zero-order valence-electron chi connectivity index (χ0n) is 10.7. The van der Waals surface area contributed by atoms with E-state index in [0.717, 1.165) is 12.8 Å². The van der Waals surface area contributed by atoms with Gasteiger partial charge in [-0.25, -0.2) is 0 Å². The summed E-state index contributed by atoms with van der Waals surface area (Å²) in [5, 5.41) is 3.26. The van der Waals surface area contributed by atoms with E-state index in [1.165, 1.54) is 0 Å². The van der Waals surface area contributed by atoms with Crippen molar-refractivity contribution in [3.05, 3.63) is 0 Å². The summed E-state index contributed by atoms with van der Waals surface area (Å²) in [4.78, 5) is 25.9. The maximum absolute atomic E-state index is 12.4. The van der Waals surface area contributed by atoms with E-state index in [9.17, 15) is 9.59 Å². The van der Waals surface area contributed by atoms with Crippen molar-refractivity contribution in [1.29, 1.82) is 0 Å². The topological polar surface area (TPSA) is 49.4 Å². The van der Waals surface area contributed by atoms with E-state index >= 15 is 0 Å². The average Bonchev–Trinajstić information content (AvgIpc) is 3.08. The summed E-state index contributed by atoms with van der Waals surface area (Å²) in [7, 11) is 0. The first kappa shape index (κ1) is 12.7. The maximum Gasteiger partial charge on any atom is 0.248 e. The van der Waals surface area contributed by atoms with E-state index in [1.807, 2.05) is 13.2 Å². The summed E-state index contributed by atoms with van der Waals surface area (Å²) < 4.78 is 0. The van der Waals surface area contributed by atoms with Crippen LogP contribution >= 0.6 is 11.8 Å². The fourth-order valence-corrected chi connectivity index (χ4v) is 2.75. The number of hydrogen-bond acceptors (Lipinski definition) is 3. The quantitative estimate of drug-likeness (QED) is 0.812. The van der Waals surface area contributed by atoms with Crippen LogP contribution in [0.2, 0.25) is 0 Å². The van der Waals surface area contributed by atoms with Crippen LogP contribution in [0, 0.1) is 5.92 Å². The number of rotatable bonds is 4. The molecule has 17 heavy (non-hydrogen) atoms. The molecule has 2 fully saturated rings. The zero-order chi connectivity index (χ0) is 12.6. The third-order valence-electron chi connectivity index (χ3n) is 3.74. The van der Waals surface area contributed by atoms with Gasteiger partial charge in [0.15, 0.2) is 0 Å². The average molecular weight is 256 g/mol. The first-order valence-electron chi connectivity index (χ1n) is 6.10. The Morgan fingerprint density at radius 3 is 2.71 bits per heavy atom. The van der Waals surface area contributed by atoms with E-state index in [-0.39, 0.29) is 18.4 Å². The zero-order valence-corrected chi connectivity index (χ0v) is 11.5. The molecule has 2 aliphatic rings. The second-order valence-corrected chi connectivity index (χ2v) is 6.53. The highest BCUT2D eigenvalue weighted by atomic mass is 32.2. The minimum atomic E-state index is -0.645. The van der Waals surface area contributed by atoms with Gasteiger partial charge in [-0.05, 0) is 31.9 Å². The summed E-state index contributed by atoms with van der Waals surface area (Å²) in [6.45, 7) is 4.83. The molecule has 0 bridgehead atoms. The Hall–Kier alpha value is -0.710. The minimum Gasteiger partial charge on any atom is -0.340 e. The van der Waals surface area contributed by atoms with E-state index in [4.69, 9.17) is 0 Å². The molecule has 4 nitrogen and oxygen atoms in total. The second kappa shape index (κ2) is 4.52. The third kappa shape index (κ3) is 2.44. The van der Waals surface area contributed by atoms with Crippen molar-refractivity contribution < 1.29 is 9.59 Å². The van der Waals surface area contributed by atoms with Crippen molar-refractivity contribution in [2.24, 2.45) is 5.92 Å².